The van der Waals surface area contributed by atoms with Crippen LogP contribution in [0.2, 0.25) is 0 Å². The highest BCUT2D eigenvalue weighted by atomic mass is 32.2. The first-order valence-electron chi connectivity index (χ1n) is 6.95. The van der Waals surface area contributed by atoms with E-state index in [1.54, 1.807) is 11.0 Å². The first-order valence-corrected chi connectivity index (χ1v) is 8.44. The van der Waals surface area contributed by atoms with Gasteiger partial charge in [0.05, 0.1) is 5.69 Å². The van der Waals surface area contributed by atoms with Gasteiger partial charge in [-0.15, -0.1) is 0 Å². The second-order valence-corrected chi connectivity index (χ2v) is 6.69. The second-order valence-electron chi connectivity index (χ2n) is 4.93. The molecule has 21 heavy (non-hydrogen) atoms. The van der Waals surface area contributed by atoms with Gasteiger partial charge in [0.25, 0.3) is 0 Å². The Morgan fingerprint density at radius 3 is 2.62 bits per heavy atom. The first kappa shape index (κ1) is 15.9. The molecule has 1 aliphatic rings. The summed E-state index contributed by atoms with van der Waals surface area (Å²) in [4.78, 5) is 17.6. The van der Waals surface area contributed by atoms with Gasteiger partial charge in [0, 0.05) is 38.8 Å². The normalized spacial score (nSPS) is 15.4. The van der Waals surface area contributed by atoms with E-state index in [4.69, 9.17) is 5.73 Å². The Balaban J connectivity index is 1.87. The fourth-order valence-electron chi connectivity index (χ4n) is 2.19. The lowest BCUT2D eigenvalue weighted by molar-refractivity contribution is -0.129. The molecule has 1 fully saturated rings. The van der Waals surface area contributed by atoms with Gasteiger partial charge in [-0.1, -0.05) is 0 Å². The van der Waals surface area contributed by atoms with Gasteiger partial charge in [0.1, 0.15) is 4.90 Å². The van der Waals surface area contributed by atoms with Crippen LogP contribution in [0.15, 0.2) is 23.2 Å². The van der Waals surface area contributed by atoms with E-state index in [-0.39, 0.29) is 30.3 Å². The average Bonchev–Trinajstić information content (AvgIpc) is 3.01. The van der Waals surface area contributed by atoms with Crippen molar-refractivity contribution in [2.75, 3.05) is 19.6 Å². The molecular weight excluding hydrogens is 292 g/mol. The Kier molecular flexibility index (Phi) is 5.27. The highest BCUT2D eigenvalue weighted by Crippen LogP contribution is 2.10. The third-order valence-corrected chi connectivity index (χ3v) is 4.85. The van der Waals surface area contributed by atoms with Crippen molar-refractivity contribution in [1.29, 1.82) is 0 Å². The number of nitrogens with two attached hydrogens (primary N) is 1. The lowest BCUT2D eigenvalue weighted by Gasteiger charge is -2.15. The van der Waals surface area contributed by atoms with Crippen LogP contribution in [0.25, 0.3) is 0 Å². The van der Waals surface area contributed by atoms with Crippen LogP contribution in [0.5, 0.6) is 0 Å². The molecule has 0 spiro atoms. The summed E-state index contributed by atoms with van der Waals surface area (Å²) in [6, 6.07) is 3.03. The molecule has 0 saturated carbocycles. The Morgan fingerprint density at radius 1 is 1.33 bits per heavy atom. The van der Waals surface area contributed by atoms with Crippen molar-refractivity contribution in [2.45, 2.75) is 30.7 Å². The number of nitrogens with zero attached hydrogens (tertiary/aromatic N) is 2. The van der Waals surface area contributed by atoms with Crippen molar-refractivity contribution in [3.63, 3.8) is 0 Å². The molecule has 1 aromatic heterocycles. The SMILES string of the molecule is NCc1ccc(S(=O)(=O)NCCC(=O)N2CCCC2)cn1. The van der Waals surface area contributed by atoms with Crippen LogP contribution in [-0.2, 0) is 21.4 Å². The minimum absolute atomic E-state index is 0.00759. The van der Waals surface area contributed by atoms with Gasteiger partial charge in [0.15, 0.2) is 0 Å². The van der Waals surface area contributed by atoms with Crippen LogP contribution in [0, 0.1) is 0 Å². The lowest BCUT2D eigenvalue weighted by atomic mass is 10.4. The Bertz CT molecular complexity index is 580. The first-order chi connectivity index (χ1) is 10.0. The molecule has 2 rings (SSSR count). The number of pyridine rings is 1. The molecule has 116 valence electrons. The monoisotopic (exact) mass is 312 g/mol. The molecule has 8 heteroatoms. The van der Waals surface area contributed by atoms with E-state index < -0.39 is 10.0 Å². The van der Waals surface area contributed by atoms with Gasteiger partial charge in [-0.2, -0.15) is 0 Å². The summed E-state index contributed by atoms with van der Waals surface area (Å²) < 4.78 is 26.5. The minimum atomic E-state index is -3.63. The van der Waals surface area contributed by atoms with E-state index in [2.05, 4.69) is 9.71 Å². The smallest absolute Gasteiger partial charge is 0.242 e. The van der Waals surface area contributed by atoms with Crippen molar-refractivity contribution in [3.05, 3.63) is 24.0 Å². The highest BCUT2D eigenvalue weighted by Gasteiger charge is 2.19. The molecule has 0 unspecified atom stereocenters. The van der Waals surface area contributed by atoms with Gasteiger partial charge < -0.3 is 10.6 Å². The molecule has 0 atom stereocenters. The average molecular weight is 312 g/mol. The maximum absolute atomic E-state index is 12.0. The second kappa shape index (κ2) is 6.97. The van der Waals surface area contributed by atoms with Crippen LogP contribution in [0.3, 0.4) is 0 Å². The summed E-state index contributed by atoms with van der Waals surface area (Å²) in [7, 11) is -3.63. The zero-order valence-electron chi connectivity index (χ0n) is 11.8. The summed E-state index contributed by atoms with van der Waals surface area (Å²) in [5.41, 5.74) is 6.04. The van der Waals surface area contributed by atoms with Gasteiger partial charge in [-0.25, -0.2) is 13.1 Å². The van der Waals surface area contributed by atoms with Crippen molar-refractivity contribution < 1.29 is 13.2 Å². The fourth-order valence-corrected chi connectivity index (χ4v) is 3.17. The molecule has 0 aliphatic carbocycles. The fraction of sp³-hybridized carbons (Fsp3) is 0.538. The van der Waals surface area contributed by atoms with Crippen LogP contribution in [0.1, 0.15) is 25.0 Å². The molecular formula is C13H20N4O3S. The number of amides is 1. The maximum Gasteiger partial charge on any atom is 0.242 e. The van der Waals surface area contributed by atoms with E-state index >= 15 is 0 Å². The van der Waals surface area contributed by atoms with Gasteiger partial charge in [-0.3, -0.25) is 9.78 Å². The van der Waals surface area contributed by atoms with Crippen molar-refractivity contribution >= 4 is 15.9 Å². The predicted molar refractivity (Wildman–Crippen MR) is 77.7 cm³/mol. The number of hydrogen-bond donors (Lipinski definition) is 2. The van der Waals surface area contributed by atoms with E-state index in [1.807, 2.05) is 0 Å². The summed E-state index contributed by atoms with van der Waals surface area (Å²) >= 11 is 0. The molecule has 1 amide bonds. The van der Waals surface area contributed by atoms with Crippen molar-refractivity contribution in [2.24, 2.45) is 5.73 Å². The number of carbonyl (C=O) groups excluding carboxylic acids is 1. The zero-order chi connectivity index (χ0) is 15.3. The number of nitrogens with one attached hydrogen (secondary N) is 1. The summed E-state index contributed by atoms with van der Waals surface area (Å²) in [5.74, 6) is -0.00759. The number of carbonyl (C=O) groups is 1. The Labute approximate surface area is 124 Å². The molecule has 0 radical (unpaired) electrons. The molecule has 0 bridgehead atoms. The largest absolute Gasteiger partial charge is 0.343 e. The summed E-state index contributed by atoms with van der Waals surface area (Å²) in [6.07, 6.45) is 3.49. The van der Waals surface area contributed by atoms with Crippen molar-refractivity contribution in [1.82, 2.24) is 14.6 Å². The van der Waals surface area contributed by atoms with E-state index in [0.29, 0.717) is 5.69 Å². The number of aromatic nitrogens is 1. The van der Waals surface area contributed by atoms with Gasteiger partial charge >= 0.3 is 0 Å². The van der Waals surface area contributed by atoms with Crippen LogP contribution < -0.4 is 10.5 Å². The molecule has 3 N–H and O–H groups in total. The van der Waals surface area contributed by atoms with Gasteiger partial charge in [0.2, 0.25) is 15.9 Å². The molecule has 2 heterocycles. The van der Waals surface area contributed by atoms with Gasteiger partial charge in [-0.05, 0) is 25.0 Å². The number of rotatable bonds is 6. The highest BCUT2D eigenvalue weighted by molar-refractivity contribution is 7.89. The van der Waals surface area contributed by atoms with E-state index in [9.17, 15) is 13.2 Å². The standard InChI is InChI=1S/C13H20N4O3S/c14-9-11-3-4-12(10-15-11)21(19,20)16-6-5-13(18)17-7-1-2-8-17/h3-4,10,16H,1-2,5-9,14H2. The number of likely N-dealkylation sites (tertiary alicyclic amines) is 1. The zero-order valence-corrected chi connectivity index (χ0v) is 12.6. The van der Waals surface area contributed by atoms with Crippen LogP contribution in [-0.4, -0.2) is 43.8 Å². The third kappa shape index (κ3) is 4.23. The maximum atomic E-state index is 12.0. The quantitative estimate of drug-likeness (QED) is 0.759. The molecule has 7 nitrogen and oxygen atoms in total. The number of sulfonamides is 1. The van der Waals surface area contributed by atoms with E-state index in [1.165, 1.54) is 12.3 Å². The molecule has 1 aliphatic heterocycles. The molecule has 0 aromatic carbocycles. The number of hydrogen-bond acceptors (Lipinski definition) is 5. The summed E-state index contributed by atoms with van der Waals surface area (Å²) in [6.45, 7) is 1.90. The lowest BCUT2D eigenvalue weighted by Crippen LogP contribution is -2.32. The topological polar surface area (TPSA) is 105 Å². The molecule has 1 aromatic rings. The Morgan fingerprint density at radius 2 is 2.05 bits per heavy atom. The van der Waals surface area contributed by atoms with E-state index in [0.717, 1.165) is 25.9 Å². The predicted octanol–water partition coefficient (Wildman–Crippen LogP) is -0.169. The van der Waals surface area contributed by atoms with Crippen molar-refractivity contribution in [3.8, 4) is 0 Å². The minimum Gasteiger partial charge on any atom is -0.343 e. The Hall–Kier alpha value is -1.51. The third-order valence-electron chi connectivity index (χ3n) is 3.41. The van der Waals surface area contributed by atoms with Crippen LogP contribution in [0.4, 0.5) is 0 Å². The summed E-state index contributed by atoms with van der Waals surface area (Å²) in [5, 5.41) is 0. The molecule has 1 saturated heterocycles. The van der Waals surface area contributed by atoms with Crippen LogP contribution >= 0.6 is 0 Å².